The Balaban J connectivity index is 2.16. The van der Waals surface area contributed by atoms with Crippen LogP contribution in [0.15, 0.2) is 24.7 Å². The molecule has 2 heterocycles. The standard InChI is InChI=1S/C13H10N4O4/c18-10-3-4-17(13(21)16-10)9-2-1-7(12(19)20)8-5-14-6-15-11(8)9/h1-2,5-6H,3-4H2,(H,19,20)(H,16,18,21). The van der Waals surface area contributed by atoms with Crippen LogP contribution < -0.4 is 10.2 Å². The number of amides is 3. The number of carbonyl (C=O) groups excluding carboxylic acids is 2. The highest BCUT2D eigenvalue weighted by molar-refractivity contribution is 6.12. The number of nitrogens with zero attached hydrogens (tertiary/aromatic N) is 3. The maximum Gasteiger partial charge on any atom is 0.336 e. The number of fused-ring (bicyclic) bond motifs is 1. The minimum Gasteiger partial charge on any atom is -0.478 e. The largest absolute Gasteiger partial charge is 0.478 e. The lowest BCUT2D eigenvalue weighted by Crippen LogP contribution is -2.49. The van der Waals surface area contributed by atoms with Crippen LogP contribution in [0.1, 0.15) is 16.8 Å². The first kappa shape index (κ1) is 13.0. The zero-order chi connectivity index (χ0) is 15.0. The van der Waals surface area contributed by atoms with Gasteiger partial charge in [-0.25, -0.2) is 19.6 Å². The Kier molecular flexibility index (Phi) is 2.98. The molecule has 8 heteroatoms. The van der Waals surface area contributed by atoms with Crippen LogP contribution in [0.5, 0.6) is 0 Å². The number of anilines is 1. The average Bonchev–Trinajstić information content (AvgIpc) is 2.46. The highest BCUT2D eigenvalue weighted by Crippen LogP contribution is 2.28. The van der Waals surface area contributed by atoms with E-state index in [9.17, 15) is 19.5 Å². The summed E-state index contributed by atoms with van der Waals surface area (Å²) in [6, 6.07) is 2.36. The summed E-state index contributed by atoms with van der Waals surface area (Å²) in [5.41, 5.74) is 0.861. The molecule has 0 aliphatic carbocycles. The Labute approximate surface area is 118 Å². The van der Waals surface area contributed by atoms with Crippen molar-refractivity contribution in [2.24, 2.45) is 0 Å². The van der Waals surface area contributed by atoms with Crippen LogP contribution in [0.2, 0.25) is 0 Å². The molecule has 106 valence electrons. The molecule has 3 rings (SSSR count). The number of carbonyl (C=O) groups is 3. The molecule has 1 saturated heterocycles. The fourth-order valence-electron chi connectivity index (χ4n) is 2.26. The van der Waals surface area contributed by atoms with E-state index in [-0.39, 0.29) is 24.4 Å². The molecule has 1 aliphatic heterocycles. The van der Waals surface area contributed by atoms with Crippen molar-refractivity contribution in [1.29, 1.82) is 0 Å². The second-order valence-electron chi connectivity index (χ2n) is 4.48. The zero-order valence-electron chi connectivity index (χ0n) is 10.7. The number of carboxylic acids is 1. The summed E-state index contributed by atoms with van der Waals surface area (Å²) in [5, 5.41) is 11.7. The Morgan fingerprint density at radius 1 is 1.33 bits per heavy atom. The normalized spacial score (nSPS) is 15.1. The fourth-order valence-corrected chi connectivity index (χ4v) is 2.26. The molecule has 2 N–H and O–H groups in total. The molecule has 0 unspecified atom stereocenters. The van der Waals surface area contributed by atoms with Crippen LogP contribution in [-0.2, 0) is 4.79 Å². The number of benzene rings is 1. The van der Waals surface area contributed by atoms with E-state index in [0.717, 1.165) is 0 Å². The van der Waals surface area contributed by atoms with Gasteiger partial charge in [0.05, 0.1) is 16.8 Å². The van der Waals surface area contributed by atoms with Gasteiger partial charge in [0, 0.05) is 24.5 Å². The van der Waals surface area contributed by atoms with Crippen molar-refractivity contribution in [3.63, 3.8) is 0 Å². The molecule has 0 spiro atoms. The number of urea groups is 1. The van der Waals surface area contributed by atoms with Gasteiger partial charge in [-0.2, -0.15) is 0 Å². The molecule has 0 atom stereocenters. The number of aromatic carboxylic acids is 1. The van der Waals surface area contributed by atoms with Crippen molar-refractivity contribution < 1.29 is 19.5 Å². The van der Waals surface area contributed by atoms with E-state index in [1.54, 1.807) is 0 Å². The van der Waals surface area contributed by atoms with Crippen molar-refractivity contribution in [1.82, 2.24) is 15.3 Å². The van der Waals surface area contributed by atoms with Gasteiger partial charge < -0.3 is 5.11 Å². The molecule has 8 nitrogen and oxygen atoms in total. The van der Waals surface area contributed by atoms with Crippen molar-refractivity contribution in [3.8, 4) is 0 Å². The second-order valence-corrected chi connectivity index (χ2v) is 4.48. The van der Waals surface area contributed by atoms with Gasteiger partial charge >= 0.3 is 12.0 Å². The van der Waals surface area contributed by atoms with Gasteiger partial charge in [-0.05, 0) is 12.1 Å². The first-order valence-electron chi connectivity index (χ1n) is 6.15. The minimum absolute atomic E-state index is 0.0582. The zero-order valence-corrected chi connectivity index (χ0v) is 10.7. The first-order chi connectivity index (χ1) is 10.1. The molecule has 21 heavy (non-hydrogen) atoms. The molecule has 1 aromatic carbocycles. The quantitative estimate of drug-likeness (QED) is 0.843. The number of rotatable bonds is 2. The topological polar surface area (TPSA) is 112 Å². The molecule has 0 saturated carbocycles. The van der Waals surface area contributed by atoms with Crippen LogP contribution >= 0.6 is 0 Å². The smallest absolute Gasteiger partial charge is 0.336 e. The molecular weight excluding hydrogens is 276 g/mol. The third-order valence-corrected chi connectivity index (χ3v) is 3.23. The Morgan fingerprint density at radius 3 is 2.86 bits per heavy atom. The molecule has 0 radical (unpaired) electrons. The number of hydrogen-bond acceptors (Lipinski definition) is 5. The number of hydrogen-bond donors (Lipinski definition) is 2. The van der Waals surface area contributed by atoms with E-state index in [0.29, 0.717) is 16.6 Å². The van der Waals surface area contributed by atoms with E-state index >= 15 is 0 Å². The first-order valence-corrected chi connectivity index (χ1v) is 6.15. The lowest BCUT2D eigenvalue weighted by atomic mass is 10.1. The summed E-state index contributed by atoms with van der Waals surface area (Å²) >= 11 is 0. The molecule has 3 amide bonds. The SMILES string of the molecule is O=C1CCN(c2ccc(C(=O)O)c3cncnc23)C(=O)N1. The van der Waals surface area contributed by atoms with Gasteiger partial charge in [0.1, 0.15) is 6.33 Å². The number of imide groups is 1. The molecule has 1 aliphatic rings. The second kappa shape index (κ2) is 4.82. The number of nitrogens with one attached hydrogen (secondary N) is 1. The summed E-state index contributed by atoms with van der Waals surface area (Å²) in [4.78, 5) is 43.6. The fraction of sp³-hybridized carbons (Fsp3) is 0.154. The van der Waals surface area contributed by atoms with E-state index in [1.165, 1.54) is 29.6 Å². The van der Waals surface area contributed by atoms with Gasteiger partial charge in [-0.1, -0.05) is 0 Å². The Morgan fingerprint density at radius 2 is 2.14 bits per heavy atom. The summed E-state index contributed by atoms with van der Waals surface area (Å²) in [7, 11) is 0. The van der Waals surface area contributed by atoms with E-state index < -0.39 is 12.0 Å². The lowest BCUT2D eigenvalue weighted by molar-refractivity contribution is -0.120. The summed E-state index contributed by atoms with van der Waals surface area (Å²) < 4.78 is 0. The molecule has 1 fully saturated rings. The molecular formula is C13H10N4O4. The van der Waals surface area contributed by atoms with Crippen molar-refractivity contribution in [2.75, 3.05) is 11.4 Å². The summed E-state index contributed by atoms with van der Waals surface area (Å²) in [5.74, 6) is -1.43. The monoisotopic (exact) mass is 286 g/mol. The third-order valence-electron chi connectivity index (χ3n) is 3.23. The van der Waals surface area contributed by atoms with Crippen LogP contribution in [0.3, 0.4) is 0 Å². The maximum absolute atomic E-state index is 11.9. The van der Waals surface area contributed by atoms with Crippen LogP contribution in [0.25, 0.3) is 10.9 Å². The average molecular weight is 286 g/mol. The maximum atomic E-state index is 11.9. The van der Waals surface area contributed by atoms with Gasteiger partial charge in [0.15, 0.2) is 0 Å². The molecule has 2 aromatic rings. The number of carboxylic acid groups (broad SMARTS) is 1. The van der Waals surface area contributed by atoms with E-state index in [4.69, 9.17) is 0 Å². The van der Waals surface area contributed by atoms with Crippen molar-refractivity contribution in [3.05, 3.63) is 30.2 Å². The highest BCUT2D eigenvalue weighted by Gasteiger charge is 2.26. The Bertz CT molecular complexity index is 774. The van der Waals surface area contributed by atoms with Crippen molar-refractivity contribution in [2.45, 2.75) is 6.42 Å². The van der Waals surface area contributed by atoms with E-state index in [2.05, 4.69) is 15.3 Å². The Hall–Kier alpha value is -3.03. The van der Waals surface area contributed by atoms with Gasteiger partial charge in [-0.3, -0.25) is 15.0 Å². The lowest BCUT2D eigenvalue weighted by Gasteiger charge is -2.27. The predicted octanol–water partition coefficient (Wildman–Crippen LogP) is 0.774. The van der Waals surface area contributed by atoms with Gasteiger partial charge in [0.25, 0.3) is 0 Å². The van der Waals surface area contributed by atoms with Gasteiger partial charge in [0.2, 0.25) is 5.91 Å². The predicted molar refractivity (Wildman–Crippen MR) is 72.0 cm³/mol. The highest BCUT2D eigenvalue weighted by atomic mass is 16.4. The summed E-state index contributed by atoms with van der Waals surface area (Å²) in [6.07, 6.45) is 2.85. The number of aromatic nitrogens is 2. The molecule has 1 aromatic heterocycles. The minimum atomic E-state index is -1.10. The van der Waals surface area contributed by atoms with Crippen LogP contribution in [0, 0.1) is 0 Å². The molecule has 0 bridgehead atoms. The van der Waals surface area contributed by atoms with Crippen LogP contribution in [-0.4, -0.2) is 39.5 Å². The summed E-state index contributed by atoms with van der Waals surface area (Å²) in [6.45, 7) is 0.218. The van der Waals surface area contributed by atoms with Crippen molar-refractivity contribution >= 4 is 34.5 Å². The van der Waals surface area contributed by atoms with E-state index in [1.807, 2.05) is 0 Å². The van der Waals surface area contributed by atoms with Crippen LogP contribution in [0.4, 0.5) is 10.5 Å². The van der Waals surface area contributed by atoms with Gasteiger partial charge in [-0.15, -0.1) is 0 Å². The third kappa shape index (κ3) is 2.16.